The molecule has 7 heteroatoms. The van der Waals surface area contributed by atoms with Gasteiger partial charge >= 0.3 is 5.97 Å². The lowest BCUT2D eigenvalue weighted by atomic mass is 9.98. The number of piperidine rings is 1. The zero-order chi connectivity index (χ0) is 18.5. The molecule has 0 bridgehead atoms. The second kappa shape index (κ2) is 8.31. The van der Waals surface area contributed by atoms with E-state index in [-0.39, 0.29) is 12.3 Å². The molecule has 1 fully saturated rings. The number of aliphatic carboxylic acids is 1. The predicted octanol–water partition coefficient (Wildman–Crippen LogP) is 3.07. The van der Waals surface area contributed by atoms with E-state index in [1.54, 1.807) is 4.90 Å². The fraction of sp³-hybridized carbons (Fsp3) is 0.421. The van der Waals surface area contributed by atoms with Crippen molar-refractivity contribution in [2.45, 2.75) is 26.2 Å². The van der Waals surface area contributed by atoms with E-state index in [0.29, 0.717) is 26.1 Å². The highest BCUT2D eigenvalue weighted by atomic mass is 32.1. The molecule has 1 amide bonds. The minimum absolute atomic E-state index is 0.0560. The van der Waals surface area contributed by atoms with Gasteiger partial charge in [-0.15, -0.1) is 11.3 Å². The van der Waals surface area contributed by atoms with Crippen molar-refractivity contribution in [3.05, 3.63) is 35.3 Å². The Bertz CT molecular complexity index is 772. The molecule has 2 aromatic rings. The summed E-state index contributed by atoms with van der Waals surface area (Å²) >= 11 is 1.50. The second-order valence-corrected chi connectivity index (χ2v) is 7.15. The molecule has 138 valence electrons. The van der Waals surface area contributed by atoms with Crippen LogP contribution in [0.4, 0.5) is 0 Å². The van der Waals surface area contributed by atoms with Crippen LogP contribution in [0.2, 0.25) is 0 Å². The Morgan fingerprint density at radius 2 is 2.12 bits per heavy atom. The van der Waals surface area contributed by atoms with Crippen molar-refractivity contribution in [1.82, 2.24) is 9.88 Å². The molecule has 26 heavy (non-hydrogen) atoms. The normalized spacial score (nSPS) is 17.1. The summed E-state index contributed by atoms with van der Waals surface area (Å²) in [4.78, 5) is 29.8. The van der Waals surface area contributed by atoms with Crippen LogP contribution in [0.3, 0.4) is 0 Å². The lowest BCUT2D eigenvalue weighted by Gasteiger charge is -2.30. The van der Waals surface area contributed by atoms with Crippen LogP contribution in [0.1, 0.15) is 25.5 Å². The van der Waals surface area contributed by atoms with E-state index < -0.39 is 11.9 Å². The molecule has 1 saturated heterocycles. The summed E-state index contributed by atoms with van der Waals surface area (Å²) in [5, 5.41) is 11.9. The van der Waals surface area contributed by atoms with Gasteiger partial charge in [-0.1, -0.05) is 0 Å². The first-order chi connectivity index (χ1) is 12.6. The number of carbonyl (C=O) groups is 2. The van der Waals surface area contributed by atoms with Gasteiger partial charge in [-0.2, -0.15) is 0 Å². The summed E-state index contributed by atoms with van der Waals surface area (Å²) in [6.45, 7) is 3.49. The average Bonchev–Trinajstić information content (AvgIpc) is 3.11. The van der Waals surface area contributed by atoms with Crippen LogP contribution >= 0.6 is 11.3 Å². The minimum Gasteiger partial charge on any atom is -0.494 e. The Balaban J connectivity index is 1.62. The number of rotatable bonds is 6. The Kier molecular flexibility index (Phi) is 5.88. The number of aromatic nitrogens is 1. The molecule has 3 rings (SSSR count). The van der Waals surface area contributed by atoms with Crippen LogP contribution in [0, 0.1) is 5.92 Å². The first kappa shape index (κ1) is 18.4. The number of nitrogens with zero attached hydrogens (tertiary/aromatic N) is 2. The standard InChI is InChI=1S/C19H22N2O4S/c1-2-25-16-7-5-13(6-8-16)18-20-15(12-26-18)10-17(22)21-9-3-4-14(11-21)19(23)24/h5-8,12,14H,2-4,9-11H2,1H3,(H,23,24)/t14-/m1/s1. The summed E-state index contributed by atoms with van der Waals surface area (Å²) in [6.07, 6.45) is 1.58. The number of likely N-dealkylation sites (tertiary alicyclic amines) is 1. The molecule has 0 radical (unpaired) electrons. The van der Waals surface area contributed by atoms with Crippen molar-refractivity contribution in [3.63, 3.8) is 0 Å². The van der Waals surface area contributed by atoms with Gasteiger partial charge in [0, 0.05) is 24.0 Å². The number of hydrogen-bond acceptors (Lipinski definition) is 5. The van der Waals surface area contributed by atoms with Gasteiger partial charge in [0.25, 0.3) is 0 Å². The number of ether oxygens (including phenoxy) is 1. The molecule has 1 aromatic heterocycles. The maximum atomic E-state index is 12.5. The van der Waals surface area contributed by atoms with Crippen LogP contribution in [0.25, 0.3) is 10.6 Å². The van der Waals surface area contributed by atoms with E-state index in [4.69, 9.17) is 9.84 Å². The van der Waals surface area contributed by atoms with Crippen molar-refractivity contribution >= 4 is 23.2 Å². The molecule has 1 aromatic carbocycles. The van der Waals surface area contributed by atoms with Gasteiger partial charge in [0.15, 0.2) is 0 Å². The Labute approximate surface area is 156 Å². The molecule has 0 spiro atoms. The molecule has 6 nitrogen and oxygen atoms in total. The molecule has 1 N–H and O–H groups in total. The highest BCUT2D eigenvalue weighted by Crippen LogP contribution is 2.26. The van der Waals surface area contributed by atoms with Gasteiger partial charge in [-0.25, -0.2) is 4.98 Å². The summed E-state index contributed by atoms with van der Waals surface area (Å²) in [5.41, 5.74) is 1.71. The van der Waals surface area contributed by atoms with Crippen LogP contribution in [-0.4, -0.2) is 46.6 Å². The molecule has 1 aliphatic heterocycles. The van der Waals surface area contributed by atoms with Gasteiger partial charge < -0.3 is 14.7 Å². The quantitative estimate of drug-likeness (QED) is 0.840. The molecule has 1 atom stereocenters. The van der Waals surface area contributed by atoms with Gasteiger partial charge in [-0.3, -0.25) is 9.59 Å². The Morgan fingerprint density at radius 1 is 1.35 bits per heavy atom. The van der Waals surface area contributed by atoms with Crippen LogP contribution < -0.4 is 4.74 Å². The fourth-order valence-corrected chi connectivity index (χ4v) is 3.88. The third kappa shape index (κ3) is 4.40. The van der Waals surface area contributed by atoms with E-state index in [2.05, 4.69) is 4.98 Å². The summed E-state index contributed by atoms with van der Waals surface area (Å²) in [5.74, 6) is -0.516. The topological polar surface area (TPSA) is 79.7 Å². The predicted molar refractivity (Wildman–Crippen MR) is 99.4 cm³/mol. The van der Waals surface area contributed by atoms with E-state index in [0.717, 1.165) is 28.4 Å². The number of benzene rings is 1. The molecule has 2 heterocycles. The van der Waals surface area contributed by atoms with Crippen molar-refractivity contribution in [3.8, 4) is 16.3 Å². The van der Waals surface area contributed by atoms with Crippen molar-refractivity contribution < 1.29 is 19.4 Å². The van der Waals surface area contributed by atoms with Gasteiger partial charge in [-0.05, 0) is 44.0 Å². The lowest BCUT2D eigenvalue weighted by molar-refractivity contribution is -0.145. The first-order valence-electron chi connectivity index (χ1n) is 8.75. The smallest absolute Gasteiger partial charge is 0.308 e. The van der Waals surface area contributed by atoms with Crippen molar-refractivity contribution in [1.29, 1.82) is 0 Å². The molecule has 0 saturated carbocycles. The fourth-order valence-electron chi connectivity index (χ4n) is 3.05. The Morgan fingerprint density at radius 3 is 2.81 bits per heavy atom. The van der Waals surface area contributed by atoms with E-state index in [9.17, 15) is 9.59 Å². The number of carboxylic acids is 1. The number of thiazole rings is 1. The van der Waals surface area contributed by atoms with Crippen molar-refractivity contribution in [2.75, 3.05) is 19.7 Å². The van der Waals surface area contributed by atoms with Crippen LogP contribution in [0.15, 0.2) is 29.6 Å². The second-order valence-electron chi connectivity index (χ2n) is 6.30. The maximum Gasteiger partial charge on any atom is 0.308 e. The molecule has 1 aliphatic rings. The summed E-state index contributed by atoms with van der Waals surface area (Å²) < 4.78 is 5.44. The zero-order valence-electron chi connectivity index (χ0n) is 14.7. The third-order valence-corrected chi connectivity index (χ3v) is 5.36. The molecular weight excluding hydrogens is 352 g/mol. The first-order valence-corrected chi connectivity index (χ1v) is 9.63. The maximum absolute atomic E-state index is 12.5. The van der Waals surface area contributed by atoms with Gasteiger partial charge in [0.1, 0.15) is 10.8 Å². The highest BCUT2D eigenvalue weighted by molar-refractivity contribution is 7.13. The van der Waals surface area contributed by atoms with E-state index in [1.807, 2.05) is 36.6 Å². The molecule has 0 unspecified atom stereocenters. The number of carboxylic acid groups (broad SMARTS) is 1. The lowest BCUT2D eigenvalue weighted by Crippen LogP contribution is -2.43. The SMILES string of the molecule is CCOc1ccc(-c2nc(CC(=O)N3CCC[C@@H](C(=O)O)C3)cs2)cc1. The highest BCUT2D eigenvalue weighted by Gasteiger charge is 2.28. The van der Waals surface area contributed by atoms with Crippen LogP contribution in [0.5, 0.6) is 5.75 Å². The number of hydrogen-bond donors (Lipinski definition) is 1. The van der Waals surface area contributed by atoms with Crippen LogP contribution in [-0.2, 0) is 16.0 Å². The van der Waals surface area contributed by atoms with Gasteiger partial charge in [0.2, 0.25) is 5.91 Å². The largest absolute Gasteiger partial charge is 0.494 e. The molecule has 0 aliphatic carbocycles. The van der Waals surface area contributed by atoms with E-state index >= 15 is 0 Å². The number of amides is 1. The third-order valence-electron chi connectivity index (χ3n) is 4.42. The summed E-state index contributed by atoms with van der Waals surface area (Å²) in [7, 11) is 0. The van der Waals surface area contributed by atoms with E-state index in [1.165, 1.54) is 11.3 Å². The average molecular weight is 374 g/mol. The monoisotopic (exact) mass is 374 g/mol. The van der Waals surface area contributed by atoms with Crippen molar-refractivity contribution in [2.24, 2.45) is 5.92 Å². The minimum atomic E-state index is -0.825. The Hall–Kier alpha value is -2.41. The van der Waals surface area contributed by atoms with Gasteiger partial charge in [0.05, 0.1) is 24.6 Å². The zero-order valence-corrected chi connectivity index (χ0v) is 15.5. The number of carbonyl (C=O) groups excluding carboxylic acids is 1. The summed E-state index contributed by atoms with van der Waals surface area (Å²) in [6, 6.07) is 7.73. The molecular formula is C19H22N2O4S.